The van der Waals surface area contributed by atoms with Crippen LogP contribution in [0.5, 0.6) is 0 Å². The van der Waals surface area contributed by atoms with E-state index >= 15 is 0 Å². The second-order valence-corrected chi connectivity index (χ2v) is 5.70. The second-order valence-electron chi connectivity index (χ2n) is 4.53. The van der Waals surface area contributed by atoms with Crippen molar-refractivity contribution in [1.29, 1.82) is 0 Å². The van der Waals surface area contributed by atoms with E-state index < -0.39 is 0 Å². The number of rotatable bonds is 5. The van der Waals surface area contributed by atoms with Crippen LogP contribution in [-0.2, 0) is 0 Å². The Bertz CT molecular complexity index is 693. The lowest BCUT2D eigenvalue weighted by molar-refractivity contribution is 0.953. The van der Waals surface area contributed by atoms with Gasteiger partial charge in [0.2, 0.25) is 5.95 Å². The van der Waals surface area contributed by atoms with E-state index in [2.05, 4.69) is 46.6 Å². The average Bonchev–Trinajstić information content (AvgIpc) is 2.86. The zero-order valence-corrected chi connectivity index (χ0v) is 12.1. The van der Waals surface area contributed by atoms with Gasteiger partial charge in [0.1, 0.15) is 0 Å². The van der Waals surface area contributed by atoms with Crippen molar-refractivity contribution in [2.24, 2.45) is 0 Å². The van der Waals surface area contributed by atoms with Gasteiger partial charge in [0.25, 0.3) is 0 Å². The summed E-state index contributed by atoms with van der Waals surface area (Å²) in [5.41, 5.74) is 2.07. The van der Waals surface area contributed by atoms with Crippen LogP contribution in [0, 0.1) is 6.92 Å². The molecule has 0 bridgehead atoms. The lowest BCUT2D eigenvalue weighted by Gasteiger charge is -2.01. The molecule has 0 fully saturated rings. The lowest BCUT2D eigenvalue weighted by atomic mass is 10.3. The van der Waals surface area contributed by atoms with Gasteiger partial charge in [0.05, 0.1) is 0 Å². The minimum Gasteiger partial charge on any atom is -0.352 e. The Labute approximate surface area is 122 Å². The molecule has 20 heavy (non-hydrogen) atoms. The summed E-state index contributed by atoms with van der Waals surface area (Å²) in [6, 6.07) is 14.4. The molecule has 0 saturated carbocycles. The van der Waals surface area contributed by atoms with Crippen LogP contribution in [0.2, 0.25) is 0 Å². The van der Waals surface area contributed by atoms with Gasteiger partial charge in [-0.3, -0.25) is 0 Å². The van der Waals surface area contributed by atoms with Crippen LogP contribution in [0.15, 0.2) is 53.6 Å². The molecule has 2 heterocycles. The van der Waals surface area contributed by atoms with Crippen LogP contribution < -0.4 is 5.32 Å². The lowest BCUT2D eigenvalue weighted by Crippen LogP contribution is -2.05. The molecule has 0 atom stereocenters. The number of fused-ring (bicyclic) bond motifs is 1. The third kappa shape index (κ3) is 3.11. The molecule has 0 aliphatic carbocycles. The molecular formula is C15H16N4S. The predicted molar refractivity (Wildman–Crippen MR) is 83.4 cm³/mol. The standard InChI is InChI=1S/C15H16N4S/c1-12-7-9-19-14(11-12)17-15(18-19)16-8-10-20-13-5-3-2-4-6-13/h2-7,9,11H,8,10H2,1H3,(H,16,18). The molecule has 4 nitrogen and oxygen atoms in total. The smallest absolute Gasteiger partial charge is 0.243 e. The van der Waals surface area contributed by atoms with Crippen molar-refractivity contribution < 1.29 is 0 Å². The monoisotopic (exact) mass is 284 g/mol. The van der Waals surface area contributed by atoms with E-state index in [1.807, 2.05) is 36.2 Å². The first kappa shape index (κ1) is 13.0. The van der Waals surface area contributed by atoms with Crippen molar-refractivity contribution in [3.05, 3.63) is 54.2 Å². The number of anilines is 1. The zero-order valence-electron chi connectivity index (χ0n) is 11.3. The second kappa shape index (κ2) is 5.96. The molecule has 0 saturated heterocycles. The van der Waals surface area contributed by atoms with Gasteiger partial charge in [0.15, 0.2) is 5.65 Å². The molecule has 5 heteroatoms. The average molecular weight is 284 g/mol. The minimum absolute atomic E-state index is 0.685. The topological polar surface area (TPSA) is 42.2 Å². The van der Waals surface area contributed by atoms with E-state index in [-0.39, 0.29) is 0 Å². The molecule has 102 valence electrons. The normalized spacial score (nSPS) is 10.8. The van der Waals surface area contributed by atoms with E-state index in [9.17, 15) is 0 Å². The molecule has 0 unspecified atom stereocenters. The maximum Gasteiger partial charge on any atom is 0.243 e. The quantitative estimate of drug-likeness (QED) is 0.577. The van der Waals surface area contributed by atoms with Crippen molar-refractivity contribution in [2.45, 2.75) is 11.8 Å². The summed E-state index contributed by atoms with van der Waals surface area (Å²) in [5.74, 6) is 1.67. The highest BCUT2D eigenvalue weighted by molar-refractivity contribution is 7.99. The van der Waals surface area contributed by atoms with E-state index in [1.54, 1.807) is 4.52 Å². The van der Waals surface area contributed by atoms with E-state index in [1.165, 1.54) is 10.5 Å². The molecule has 0 amide bonds. The fourth-order valence-corrected chi connectivity index (χ4v) is 2.70. The third-order valence-electron chi connectivity index (χ3n) is 2.89. The Morgan fingerprint density at radius 3 is 2.90 bits per heavy atom. The molecular weight excluding hydrogens is 268 g/mol. The van der Waals surface area contributed by atoms with Gasteiger partial charge in [-0.2, -0.15) is 4.98 Å². The highest BCUT2D eigenvalue weighted by Crippen LogP contribution is 2.16. The molecule has 1 aromatic carbocycles. The first-order chi connectivity index (χ1) is 9.81. The number of aromatic nitrogens is 3. The Hall–Kier alpha value is -2.01. The van der Waals surface area contributed by atoms with Crippen molar-refractivity contribution in [3.8, 4) is 0 Å². The molecule has 0 aliphatic rings. The van der Waals surface area contributed by atoms with Gasteiger partial charge in [-0.25, -0.2) is 4.52 Å². The van der Waals surface area contributed by atoms with Crippen LogP contribution in [-0.4, -0.2) is 26.9 Å². The van der Waals surface area contributed by atoms with Crippen LogP contribution in [0.1, 0.15) is 5.56 Å². The number of benzene rings is 1. The van der Waals surface area contributed by atoms with Gasteiger partial charge >= 0.3 is 0 Å². The van der Waals surface area contributed by atoms with Crippen LogP contribution in [0.25, 0.3) is 5.65 Å². The molecule has 1 N–H and O–H groups in total. The van der Waals surface area contributed by atoms with Crippen molar-refractivity contribution in [1.82, 2.24) is 14.6 Å². The fraction of sp³-hybridized carbons (Fsp3) is 0.200. The number of hydrogen-bond donors (Lipinski definition) is 1. The van der Waals surface area contributed by atoms with E-state index in [0.29, 0.717) is 5.95 Å². The SMILES string of the molecule is Cc1ccn2nc(NCCSc3ccccc3)nc2c1. The first-order valence-electron chi connectivity index (χ1n) is 6.56. The Balaban J connectivity index is 1.55. The molecule has 0 spiro atoms. The number of hydrogen-bond acceptors (Lipinski definition) is 4. The fourth-order valence-electron chi connectivity index (χ4n) is 1.91. The third-order valence-corrected chi connectivity index (χ3v) is 3.90. The number of thioether (sulfide) groups is 1. The van der Waals surface area contributed by atoms with Crippen molar-refractivity contribution >= 4 is 23.4 Å². The van der Waals surface area contributed by atoms with Gasteiger partial charge < -0.3 is 5.32 Å². The number of aryl methyl sites for hydroxylation is 1. The summed E-state index contributed by atoms with van der Waals surface area (Å²) in [5, 5.41) is 7.64. The van der Waals surface area contributed by atoms with Crippen LogP contribution >= 0.6 is 11.8 Å². The van der Waals surface area contributed by atoms with Crippen LogP contribution in [0.3, 0.4) is 0 Å². The summed E-state index contributed by atoms with van der Waals surface area (Å²) >= 11 is 1.82. The largest absolute Gasteiger partial charge is 0.352 e. The maximum absolute atomic E-state index is 4.45. The Kier molecular flexibility index (Phi) is 3.87. The van der Waals surface area contributed by atoms with Gasteiger partial charge in [-0.1, -0.05) is 18.2 Å². The molecule has 2 aromatic heterocycles. The maximum atomic E-state index is 4.45. The summed E-state index contributed by atoms with van der Waals surface area (Å²) in [6.45, 7) is 2.90. The van der Waals surface area contributed by atoms with E-state index in [0.717, 1.165) is 17.9 Å². The highest BCUT2D eigenvalue weighted by atomic mass is 32.2. The van der Waals surface area contributed by atoms with Gasteiger partial charge in [-0.15, -0.1) is 16.9 Å². The van der Waals surface area contributed by atoms with Crippen LogP contribution in [0.4, 0.5) is 5.95 Å². The Morgan fingerprint density at radius 2 is 2.05 bits per heavy atom. The number of pyridine rings is 1. The van der Waals surface area contributed by atoms with E-state index in [4.69, 9.17) is 0 Å². The zero-order chi connectivity index (χ0) is 13.8. The van der Waals surface area contributed by atoms with Crippen molar-refractivity contribution in [2.75, 3.05) is 17.6 Å². The molecule has 0 radical (unpaired) electrons. The first-order valence-corrected chi connectivity index (χ1v) is 7.54. The van der Waals surface area contributed by atoms with Gasteiger partial charge in [0, 0.05) is 23.4 Å². The summed E-state index contributed by atoms with van der Waals surface area (Å²) in [4.78, 5) is 5.73. The molecule has 0 aliphatic heterocycles. The summed E-state index contributed by atoms with van der Waals surface area (Å²) < 4.78 is 1.79. The molecule has 3 aromatic rings. The summed E-state index contributed by atoms with van der Waals surface area (Å²) in [7, 11) is 0. The minimum atomic E-state index is 0.685. The van der Waals surface area contributed by atoms with Gasteiger partial charge in [-0.05, 0) is 36.8 Å². The summed E-state index contributed by atoms with van der Waals surface area (Å²) in [6.07, 6.45) is 1.93. The molecule has 3 rings (SSSR count). The van der Waals surface area contributed by atoms with Crippen molar-refractivity contribution in [3.63, 3.8) is 0 Å². The predicted octanol–water partition coefficient (Wildman–Crippen LogP) is 3.24. The highest BCUT2D eigenvalue weighted by Gasteiger charge is 2.02. The Morgan fingerprint density at radius 1 is 1.20 bits per heavy atom. The number of nitrogens with one attached hydrogen (secondary N) is 1. The number of nitrogens with zero attached hydrogens (tertiary/aromatic N) is 3.